The highest BCUT2D eigenvalue weighted by Gasteiger charge is 2.56. The first-order valence-electron chi connectivity index (χ1n) is 23.5. The minimum atomic E-state index is -1.24. The van der Waals surface area contributed by atoms with Crippen molar-refractivity contribution < 1.29 is 61.7 Å². The molecular weight excluding hydrogens is 883 g/mol. The molecule has 14 heteroatoms. The Labute approximate surface area is 403 Å². The third-order valence-electron chi connectivity index (χ3n) is 11.9. The van der Waals surface area contributed by atoms with Gasteiger partial charge >= 0.3 is 12.1 Å². The van der Waals surface area contributed by atoms with Crippen molar-refractivity contribution in [2.75, 3.05) is 19.8 Å². The molecule has 3 heterocycles. The van der Waals surface area contributed by atoms with Gasteiger partial charge in [-0.05, 0) is 35.1 Å². The summed E-state index contributed by atoms with van der Waals surface area (Å²) in [6.45, 7) is 6.04. The monoisotopic (exact) mass is 943 g/mol. The summed E-state index contributed by atoms with van der Waals surface area (Å²) in [5.74, 6) is -0.638. The number of amides is 1. The molecular formula is C55H61NO13. The lowest BCUT2D eigenvalue weighted by atomic mass is 9.94. The number of carbonyl (C=O) groups excluding carboxylic acids is 2. The molecule has 0 radical (unpaired) electrons. The van der Waals surface area contributed by atoms with E-state index in [1.807, 2.05) is 152 Å². The highest BCUT2D eigenvalue weighted by molar-refractivity contribution is 5.69. The number of ether oxygens (including phenoxy) is 11. The fraction of sp³-hybridized carbons (Fsp3) is 0.382. The molecule has 69 heavy (non-hydrogen) atoms. The van der Waals surface area contributed by atoms with E-state index < -0.39 is 79.7 Å². The van der Waals surface area contributed by atoms with Crippen molar-refractivity contribution >= 4 is 12.1 Å². The zero-order valence-corrected chi connectivity index (χ0v) is 38.7. The maximum atomic E-state index is 13.8. The van der Waals surface area contributed by atoms with Crippen molar-refractivity contribution in [2.45, 2.75) is 114 Å². The Hall–Kier alpha value is -5.78. The molecule has 3 aliphatic rings. The van der Waals surface area contributed by atoms with E-state index in [0.29, 0.717) is 12.8 Å². The number of unbranched alkanes of at least 4 members (excludes halogenated alkanes) is 1. The van der Waals surface area contributed by atoms with E-state index in [1.54, 1.807) is 6.08 Å². The first-order valence-corrected chi connectivity index (χ1v) is 23.5. The van der Waals surface area contributed by atoms with Crippen LogP contribution in [0.5, 0.6) is 0 Å². The number of hydrogen-bond donors (Lipinski definition) is 1. The van der Waals surface area contributed by atoms with Gasteiger partial charge in [0.05, 0.1) is 39.6 Å². The number of rotatable bonds is 22. The van der Waals surface area contributed by atoms with Gasteiger partial charge in [-0.3, -0.25) is 4.79 Å². The van der Waals surface area contributed by atoms with Gasteiger partial charge in [0, 0.05) is 12.5 Å². The highest BCUT2D eigenvalue weighted by atomic mass is 16.8. The zero-order chi connectivity index (χ0) is 47.6. The summed E-state index contributed by atoms with van der Waals surface area (Å²) in [5, 5.41) is 2.91. The SMILES string of the molecule is C=CCCCO[C@@H]1O[C@H](COCc2ccccc2)[C@@H](O[C@@H]2O[C@@H]3CO[C@@H](c4ccccc4)O[C@H]3[C@H](OCc3ccccc3)[C@@H]2OCc2ccccc2)[C@H](OC(C)=O)[C@H]1NC(=O)OCc1ccccc1. The van der Waals surface area contributed by atoms with E-state index in [-0.39, 0.29) is 46.2 Å². The van der Waals surface area contributed by atoms with Gasteiger partial charge in [0.2, 0.25) is 0 Å². The molecule has 0 saturated carbocycles. The van der Waals surface area contributed by atoms with Crippen molar-refractivity contribution in [2.24, 2.45) is 0 Å². The molecule has 5 aromatic rings. The second-order valence-electron chi connectivity index (χ2n) is 17.0. The predicted octanol–water partition coefficient (Wildman–Crippen LogP) is 8.53. The Balaban J connectivity index is 1.15. The Kier molecular flexibility index (Phi) is 18.5. The Morgan fingerprint density at radius 3 is 1.80 bits per heavy atom. The molecule has 1 N–H and O–H groups in total. The number of fused-ring (bicyclic) bond motifs is 1. The van der Waals surface area contributed by atoms with Gasteiger partial charge in [-0.15, -0.1) is 6.58 Å². The predicted molar refractivity (Wildman–Crippen MR) is 253 cm³/mol. The van der Waals surface area contributed by atoms with Crippen molar-refractivity contribution in [1.29, 1.82) is 0 Å². The van der Waals surface area contributed by atoms with E-state index in [0.717, 1.165) is 27.8 Å². The largest absolute Gasteiger partial charge is 0.457 e. The van der Waals surface area contributed by atoms with Crippen LogP contribution in [0.25, 0.3) is 0 Å². The Morgan fingerprint density at radius 2 is 1.20 bits per heavy atom. The van der Waals surface area contributed by atoms with E-state index in [2.05, 4.69) is 11.9 Å². The summed E-state index contributed by atoms with van der Waals surface area (Å²) in [6.07, 6.45) is -7.29. The average molecular weight is 944 g/mol. The van der Waals surface area contributed by atoms with Gasteiger partial charge in [-0.25, -0.2) is 4.79 Å². The van der Waals surface area contributed by atoms with Crippen molar-refractivity contribution in [1.82, 2.24) is 5.32 Å². The van der Waals surface area contributed by atoms with Crippen molar-refractivity contribution in [3.63, 3.8) is 0 Å². The van der Waals surface area contributed by atoms with Crippen LogP contribution in [-0.4, -0.2) is 93.2 Å². The number of hydrogen-bond acceptors (Lipinski definition) is 13. The lowest BCUT2D eigenvalue weighted by Gasteiger charge is -2.51. The van der Waals surface area contributed by atoms with Gasteiger partial charge in [-0.1, -0.05) is 158 Å². The number of nitrogens with one attached hydrogen (secondary N) is 1. The minimum absolute atomic E-state index is 0.0161. The van der Waals surface area contributed by atoms with E-state index in [9.17, 15) is 9.59 Å². The molecule has 5 aromatic carbocycles. The molecule has 0 aromatic heterocycles. The van der Waals surface area contributed by atoms with Crippen LogP contribution >= 0.6 is 0 Å². The molecule has 11 atom stereocenters. The van der Waals surface area contributed by atoms with Gasteiger partial charge in [-0.2, -0.15) is 0 Å². The maximum Gasteiger partial charge on any atom is 0.407 e. The van der Waals surface area contributed by atoms with Crippen LogP contribution in [0.1, 0.15) is 53.9 Å². The number of carbonyl (C=O) groups is 2. The van der Waals surface area contributed by atoms with Crippen LogP contribution < -0.4 is 5.32 Å². The molecule has 1 amide bonds. The number of allylic oxidation sites excluding steroid dienone is 1. The van der Waals surface area contributed by atoms with Gasteiger partial charge in [0.1, 0.15) is 49.3 Å². The Bertz CT molecular complexity index is 2290. The van der Waals surface area contributed by atoms with E-state index in [4.69, 9.17) is 52.1 Å². The van der Waals surface area contributed by atoms with E-state index >= 15 is 0 Å². The minimum Gasteiger partial charge on any atom is -0.457 e. The van der Waals surface area contributed by atoms with Crippen LogP contribution in [0.15, 0.2) is 164 Å². The summed E-state index contributed by atoms with van der Waals surface area (Å²) in [5.41, 5.74) is 4.38. The van der Waals surface area contributed by atoms with E-state index in [1.165, 1.54) is 6.92 Å². The first-order chi connectivity index (χ1) is 33.9. The molecule has 14 nitrogen and oxygen atoms in total. The quantitative estimate of drug-likeness (QED) is 0.0402. The molecule has 0 unspecified atom stereocenters. The lowest BCUT2D eigenvalue weighted by molar-refractivity contribution is -0.390. The second-order valence-corrected chi connectivity index (χ2v) is 17.0. The lowest BCUT2D eigenvalue weighted by Crippen LogP contribution is -2.69. The summed E-state index contributed by atoms with van der Waals surface area (Å²) < 4.78 is 72.3. The molecule has 3 saturated heterocycles. The molecule has 364 valence electrons. The van der Waals surface area contributed by atoms with Crippen molar-refractivity contribution in [3.8, 4) is 0 Å². The number of alkyl carbamates (subject to hydrolysis) is 1. The molecule has 8 rings (SSSR count). The molecule has 0 bridgehead atoms. The third kappa shape index (κ3) is 14.2. The maximum absolute atomic E-state index is 13.8. The fourth-order valence-electron chi connectivity index (χ4n) is 8.51. The van der Waals surface area contributed by atoms with Gasteiger partial charge < -0.3 is 57.4 Å². The summed E-state index contributed by atoms with van der Waals surface area (Å²) in [6, 6.07) is 47.1. The standard InChI is InChI=1S/C55H61NO13/c1-3-4-20-31-60-53-46(56-55(58)64-35-42-27-16-8-17-28-42)49(65-38(2)57)47(44(66-53)36-59-32-39-21-10-5-11-22-39)69-54-51(62-34-41-25-14-7-15-26-41)50(61-33-40-23-12-6-13-24-40)48-45(67-54)37-63-52(68-48)43-29-18-9-19-30-43/h3,5-19,21-30,44-54H,1,4,20,31-37H2,2H3,(H,56,58)/t44-,45-,46-,47-,48-,49-,50+,51+,52-,53-,54+/m1/s1. The second kappa shape index (κ2) is 25.7. The zero-order valence-electron chi connectivity index (χ0n) is 38.7. The molecule has 3 fully saturated rings. The molecule has 3 aliphatic heterocycles. The highest BCUT2D eigenvalue weighted by Crippen LogP contribution is 2.39. The van der Waals surface area contributed by atoms with Crippen molar-refractivity contribution in [3.05, 3.63) is 192 Å². The van der Waals surface area contributed by atoms with Crippen LogP contribution in [0.4, 0.5) is 4.79 Å². The van der Waals surface area contributed by atoms with Crippen LogP contribution in [0.2, 0.25) is 0 Å². The summed E-state index contributed by atoms with van der Waals surface area (Å²) in [4.78, 5) is 27.1. The topological polar surface area (TPSA) is 148 Å². The molecule has 0 spiro atoms. The Morgan fingerprint density at radius 1 is 0.638 bits per heavy atom. The molecule has 0 aliphatic carbocycles. The van der Waals surface area contributed by atoms with Crippen LogP contribution in [0.3, 0.4) is 0 Å². The average Bonchev–Trinajstić information content (AvgIpc) is 3.38. The fourth-order valence-corrected chi connectivity index (χ4v) is 8.51. The third-order valence-corrected chi connectivity index (χ3v) is 11.9. The smallest absolute Gasteiger partial charge is 0.407 e. The van der Waals surface area contributed by atoms with Gasteiger partial charge in [0.15, 0.2) is 25.0 Å². The first kappa shape index (κ1) is 49.6. The summed E-state index contributed by atoms with van der Waals surface area (Å²) >= 11 is 0. The number of benzene rings is 5. The summed E-state index contributed by atoms with van der Waals surface area (Å²) in [7, 11) is 0. The van der Waals surface area contributed by atoms with Crippen LogP contribution in [0, 0.1) is 0 Å². The van der Waals surface area contributed by atoms with Gasteiger partial charge in [0.25, 0.3) is 0 Å². The normalized spacial score (nSPS) is 26.5. The number of esters is 1. The van der Waals surface area contributed by atoms with Crippen LogP contribution in [-0.2, 0) is 83.3 Å².